The Kier molecular flexibility index (Phi) is 5.95. The molecule has 1 heterocycles. The number of rotatable bonds is 7. The minimum atomic E-state index is -0.166. The summed E-state index contributed by atoms with van der Waals surface area (Å²) in [6.45, 7) is 5.72. The SMILES string of the molecule is CC(NCCN(C)Cc1cccc(F)c1)C1CCCO1. The summed E-state index contributed by atoms with van der Waals surface area (Å²) in [5.41, 5.74) is 1.01. The highest BCUT2D eigenvalue weighted by Gasteiger charge is 2.21. The summed E-state index contributed by atoms with van der Waals surface area (Å²) >= 11 is 0. The molecule has 0 aliphatic carbocycles. The predicted molar refractivity (Wildman–Crippen MR) is 79.2 cm³/mol. The molecule has 2 rings (SSSR count). The molecule has 1 saturated heterocycles. The molecule has 0 aromatic heterocycles. The number of nitrogens with one attached hydrogen (secondary N) is 1. The summed E-state index contributed by atoms with van der Waals surface area (Å²) in [6, 6.07) is 7.20. The van der Waals surface area contributed by atoms with E-state index in [1.54, 1.807) is 12.1 Å². The van der Waals surface area contributed by atoms with E-state index < -0.39 is 0 Å². The van der Waals surface area contributed by atoms with Crippen molar-refractivity contribution in [1.29, 1.82) is 0 Å². The third kappa shape index (κ3) is 4.85. The Hall–Kier alpha value is -0.970. The van der Waals surface area contributed by atoms with Gasteiger partial charge in [0.05, 0.1) is 6.10 Å². The van der Waals surface area contributed by atoms with Crippen LogP contribution in [-0.2, 0) is 11.3 Å². The number of nitrogens with zero attached hydrogens (tertiary/aromatic N) is 1. The zero-order chi connectivity index (χ0) is 14.4. The average Bonchev–Trinajstić information content (AvgIpc) is 2.92. The lowest BCUT2D eigenvalue weighted by atomic mass is 10.1. The third-order valence-corrected chi connectivity index (χ3v) is 3.82. The van der Waals surface area contributed by atoms with Crippen molar-refractivity contribution in [3.05, 3.63) is 35.6 Å². The average molecular weight is 280 g/mol. The molecule has 1 aliphatic rings. The van der Waals surface area contributed by atoms with Crippen LogP contribution in [0, 0.1) is 5.82 Å². The number of likely N-dealkylation sites (N-methyl/N-ethyl adjacent to an activating group) is 1. The van der Waals surface area contributed by atoms with Crippen molar-refractivity contribution in [2.45, 2.75) is 38.5 Å². The standard InChI is InChI=1S/C16H25FN2O/c1-13(16-7-4-10-20-16)18-8-9-19(2)12-14-5-3-6-15(17)11-14/h3,5-6,11,13,16,18H,4,7-10,12H2,1-2H3. The van der Waals surface area contributed by atoms with E-state index >= 15 is 0 Å². The minimum Gasteiger partial charge on any atom is -0.377 e. The summed E-state index contributed by atoms with van der Waals surface area (Å²) in [6.07, 6.45) is 2.70. The van der Waals surface area contributed by atoms with Crippen LogP contribution in [0.15, 0.2) is 24.3 Å². The summed E-state index contributed by atoms with van der Waals surface area (Å²) < 4.78 is 18.8. The molecular formula is C16H25FN2O. The van der Waals surface area contributed by atoms with Crippen molar-refractivity contribution in [2.24, 2.45) is 0 Å². The molecule has 1 aromatic carbocycles. The second-order valence-electron chi connectivity index (χ2n) is 5.66. The summed E-state index contributed by atoms with van der Waals surface area (Å²) in [7, 11) is 2.06. The Morgan fingerprint density at radius 2 is 2.35 bits per heavy atom. The summed E-state index contributed by atoms with van der Waals surface area (Å²) in [5.74, 6) is -0.166. The molecular weight excluding hydrogens is 255 g/mol. The van der Waals surface area contributed by atoms with Gasteiger partial charge in [-0.25, -0.2) is 4.39 Å². The Balaban J connectivity index is 1.65. The van der Waals surface area contributed by atoms with Gasteiger partial charge in [-0.05, 0) is 44.5 Å². The lowest BCUT2D eigenvalue weighted by Crippen LogP contribution is -2.40. The zero-order valence-corrected chi connectivity index (χ0v) is 12.4. The van der Waals surface area contributed by atoms with Gasteiger partial charge in [0, 0.05) is 32.3 Å². The molecule has 0 amide bonds. The maximum absolute atomic E-state index is 13.1. The molecule has 2 unspecified atom stereocenters. The van der Waals surface area contributed by atoms with Crippen LogP contribution in [0.4, 0.5) is 4.39 Å². The van der Waals surface area contributed by atoms with Crippen molar-refractivity contribution in [3.63, 3.8) is 0 Å². The quantitative estimate of drug-likeness (QED) is 0.830. The van der Waals surface area contributed by atoms with Crippen LogP contribution < -0.4 is 5.32 Å². The van der Waals surface area contributed by atoms with Gasteiger partial charge in [0.1, 0.15) is 5.82 Å². The number of halogens is 1. The molecule has 1 aromatic rings. The molecule has 0 bridgehead atoms. The van der Waals surface area contributed by atoms with Crippen LogP contribution >= 0.6 is 0 Å². The smallest absolute Gasteiger partial charge is 0.123 e. The van der Waals surface area contributed by atoms with Gasteiger partial charge in [0.15, 0.2) is 0 Å². The first-order valence-electron chi connectivity index (χ1n) is 7.43. The monoisotopic (exact) mass is 280 g/mol. The number of hydrogen-bond acceptors (Lipinski definition) is 3. The fourth-order valence-electron chi connectivity index (χ4n) is 2.64. The van der Waals surface area contributed by atoms with Crippen LogP contribution in [0.25, 0.3) is 0 Å². The molecule has 2 atom stereocenters. The minimum absolute atomic E-state index is 0.166. The fourth-order valence-corrected chi connectivity index (χ4v) is 2.64. The van der Waals surface area contributed by atoms with Crippen LogP contribution in [0.5, 0.6) is 0 Å². The maximum Gasteiger partial charge on any atom is 0.123 e. The maximum atomic E-state index is 13.1. The highest BCUT2D eigenvalue weighted by Crippen LogP contribution is 2.15. The van der Waals surface area contributed by atoms with Gasteiger partial charge in [-0.3, -0.25) is 0 Å². The molecule has 112 valence electrons. The summed E-state index contributed by atoms with van der Waals surface area (Å²) in [5, 5.41) is 3.51. The van der Waals surface area contributed by atoms with Crippen molar-refractivity contribution in [2.75, 3.05) is 26.7 Å². The fraction of sp³-hybridized carbons (Fsp3) is 0.625. The van der Waals surface area contributed by atoms with Crippen molar-refractivity contribution in [1.82, 2.24) is 10.2 Å². The zero-order valence-electron chi connectivity index (χ0n) is 12.4. The molecule has 1 fully saturated rings. The van der Waals surface area contributed by atoms with Gasteiger partial charge < -0.3 is 15.0 Å². The second kappa shape index (κ2) is 7.72. The largest absolute Gasteiger partial charge is 0.377 e. The molecule has 3 nitrogen and oxygen atoms in total. The Morgan fingerprint density at radius 3 is 3.05 bits per heavy atom. The van der Waals surface area contributed by atoms with Crippen molar-refractivity contribution in [3.8, 4) is 0 Å². The number of benzene rings is 1. The predicted octanol–water partition coefficient (Wildman–Crippen LogP) is 2.41. The van der Waals surface area contributed by atoms with E-state index in [-0.39, 0.29) is 5.82 Å². The highest BCUT2D eigenvalue weighted by molar-refractivity contribution is 5.15. The van der Waals surface area contributed by atoms with Crippen molar-refractivity contribution < 1.29 is 9.13 Å². The second-order valence-corrected chi connectivity index (χ2v) is 5.66. The number of hydrogen-bond donors (Lipinski definition) is 1. The van der Waals surface area contributed by atoms with E-state index in [4.69, 9.17) is 4.74 Å². The lowest BCUT2D eigenvalue weighted by molar-refractivity contribution is 0.0829. The van der Waals surface area contributed by atoms with Gasteiger partial charge in [-0.15, -0.1) is 0 Å². The molecule has 4 heteroatoms. The third-order valence-electron chi connectivity index (χ3n) is 3.82. The first-order valence-corrected chi connectivity index (χ1v) is 7.43. The van der Waals surface area contributed by atoms with Crippen LogP contribution in [-0.4, -0.2) is 43.8 Å². The van der Waals surface area contributed by atoms with Crippen LogP contribution in [0.1, 0.15) is 25.3 Å². The molecule has 1 aliphatic heterocycles. The molecule has 0 spiro atoms. The van der Waals surface area contributed by atoms with E-state index in [0.717, 1.165) is 38.2 Å². The molecule has 20 heavy (non-hydrogen) atoms. The highest BCUT2D eigenvalue weighted by atomic mass is 19.1. The van der Waals surface area contributed by atoms with Gasteiger partial charge in [-0.1, -0.05) is 12.1 Å². The van der Waals surface area contributed by atoms with Crippen LogP contribution in [0.2, 0.25) is 0 Å². The topological polar surface area (TPSA) is 24.5 Å². The molecule has 1 N–H and O–H groups in total. The van der Waals surface area contributed by atoms with Gasteiger partial charge in [0.25, 0.3) is 0 Å². The Labute approximate surface area is 121 Å². The summed E-state index contributed by atoms with van der Waals surface area (Å²) in [4.78, 5) is 2.20. The van der Waals surface area contributed by atoms with E-state index in [2.05, 4.69) is 24.2 Å². The van der Waals surface area contributed by atoms with Gasteiger partial charge in [-0.2, -0.15) is 0 Å². The Bertz CT molecular complexity index is 407. The van der Waals surface area contributed by atoms with E-state index in [9.17, 15) is 4.39 Å². The molecule has 0 radical (unpaired) electrons. The first kappa shape index (κ1) is 15.4. The van der Waals surface area contributed by atoms with E-state index in [0.29, 0.717) is 12.1 Å². The van der Waals surface area contributed by atoms with E-state index in [1.807, 2.05) is 6.07 Å². The lowest BCUT2D eigenvalue weighted by Gasteiger charge is -2.22. The van der Waals surface area contributed by atoms with Gasteiger partial charge in [0.2, 0.25) is 0 Å². The number of ether oxygens (including phenoxy) is 1. The van der Waals surface area contributed by atoms with Crippen molar-refractivity contribution >= 4 is 0 Å². The normalized spacial score (nSPS) is 20.5. The van der Waals surface area contributed by atoms with Crippen LogP contribution in [0.3, 0.4) is 0 Å². The van der Waals surface area contributed by atoms with E-state index in [1.165, 1.54) is 12.5 Å². The first-order chi connectivity index (χ1) is 9.65. The Morgan fingerprint density at radius 1 is 1.50 bits per heavy atom. The van der Waals surface area contributed by atoms with Gasteiger partial charge >= 0.3 is 0 Å². The molecule has 0 saturated carbocycles.